The van der Waals surface area contributed by atoms with Crippen LogP contribution in [0.3, 0.4) is 0 Å². The van der Waals surface area contributed by atoms with Gasteiger partial charge in [0, 0.05) is 43.6 Å². The molecule has 18 heavy (non-hydrogen) atoms. The van der Waals surface area contributed by atoms with E-state index >= 15 is 0 Å². The van der Waals surface area contributed by atoms with Crippen LogP contribution in [0.4, 0.5) is 11.4 Å². The highest BCUT2D eigenvalue weighted by Gasteiger charge is 2.20. The Morgan fingerprint density at radius 3 is 2.28 bits per heavy atom. The summed E-state index contributed by atoms with van der Waals surface area (Å²) in [5.74, 6) is 0. The summed E-state index contributed by atoms with van der Waals surface area (Å²) in [5, 5.41) is 0. The SMILES string of the molecule is CCCC(C)N1CCN(c2ccc(N)cc2)CC1. The maximum absolute atomic E-state index is 5.72. The molecule has 2 rings (SSSR count). The van der Waals surface area contributed by atoms with Crippen molar-refractivity contribution in [2.24, 2.45) is 0 Å². The van der Waals surface area contributed by atoms with E-state index in [0.29, 0.717) is 0 Å². The Bertz CT molecular complexity index is 353. The minimum Gasteiger partial charge on any atom is -0.399 e. The van der Waals surface area contributed by atoms with Crippen molar-refractivity contribution < 1.29 is 0 Å². The van der Waals surface area contributed by atoms with Gasteiger partial charge in [0.1, 0.15) is 0 Å². The average molecular weight is 247 g/mol. The number of nitrogens with two attached hydrogens (primary N) is 1. The summed E-state index contributed by atoms with van der Waals surface area (Å²) in [5.41, 5.74) is 7.86. The molecule has 1 aliphatic rings. The van der Waals surface area contributed by atoms with Crippen LogP contribution in [-0.2, 0) is 0 Å². The Hall–Kier alpha value is -1.22. The van der Waals surface area contributed by atoms with Gasteiger partial charge in [0.2, 0.25) is 0 Å². The quantitative estimate of drug-likeness (QED) is 0.830. The summed E-state index contributed by atoms with van der Waals surface area (Å²) in [4.78, 5) is 5.06. The number of hydrogen-bond donors (Lipinski definition) is 1. The molecule has 1 aliphatic heterocycles. The van der Waals surface area contributed by atoms with Gasteiger partial charge in [-0.25, -0.2) is 0 Å². The average Bonchev–Trinajstić information content (AvgIpc) is 2.40. The fourth-order valence-electron chi connectivity index (χ4n) is 2.71. The van der Waals surface area contributed by atoms with Gasteiger partial charge in [-0.1, -0.05) is 13.3 Å². The molecule has 100 valence electrons. The number of piperazine rings is 1. The monoisotopic (exact) mass is 247 g/mol. The molecule has 2 N–H and O–H groups in total. The van der Waals surface area contributed by atoms with Gasteiger partial charge in [0.05, 0.1) is 0 Å². The second-order valence-corrected chi connectivity index (χ2v) is 5.25. The first kappa shape index (κ1) is 13.2. The lowest BCUT2D eigenvalue weighted by Crippen LogP contribution is -2.49. The molecule has 0 aromatic heterocycles. The van der Waals surface area contributed by atoms with E-state index in [4.69, 9.17) is 5.73 Å². The summed E-state index contributed by atoms with van der Waals surface area (Å²) in [6.07, 6.45) is 2.58. The first-order chi connectivity index (χ1) is 8.70. The predicted molar refractivity (Wildman–Crippen MR) is 79.0 cm³/mol. The van der Waals surface area contributed by atoms with E-state index in [1.54, 1.807) is 0 Å². The van der Waals surface area contributed by atoms with Crippen molar-refractivity contribution in [1.82, 2.24) is 4.90 Å². The van der Waals surface area contributed by atoms with Gasteiger partial charge in [-0.3, -0.25) is 4.90 Å². The summed E-state index contributed by atoms with van der Waals surface area (Å²) in [6.45, 7) is 9.20. The molecule has 1 saturated heterocycles. The van der Waals surface area contributed by atoms with Crippen LogP contribution in [0.2, 0.25) is 0 Å². The molecule has 3 heteroatoms. The van der Waals surface area contributed by atoms with Crippen LogP contribution in [0.5, 0.6) is 0 Å². The van der Waals surface area contributed by atoms with Gasteiger partial charge in [0.15, 0.2) is 0 Å². The first-order valence-corrected chi connectivity index (χ1v) is 7.05. The molecule has 0 saturated carbocycles. The third-order valence-electron chi connectivity index (χ3n) is 3.90. The van der Waals surface area contributed by atoms with E-state index in [9.17, 15) is 0 Å². The third-order valence-corrected chi connectivity index (χ3v) is 3.90. The van der Waals surface area contributed by atoms with Crippen molar-refractivity contribution in [1.29, 1.82) is 0 Å². The standard InChI is InChI=1S/C15H25N3/c1-3-4-13(2)17-9-11-18(12-10-17)15-7-5-14(16)6-8-15/h5-8,13H,3-4,9-12,16H2,1-2H3. The van der Waals surface area contributed by atoms with Crippen molar-refractivity contribution in [3.8, 4) is 0 Å². The smallest absolute Gasteiger partial charge is 0.0368 e. The number of benzene rings is 1. The fraction of sp³-hybridized carbons (Fsp3) is 0.600. The minimum absolute atomic E-state index is 0.726. The number of rotatable bonds is 4. The Kier molecular flexibility index (Phi) is 4.48. The molecule has 1 atom stereocenters. The van der Waals surface area contributed by atoms with Gasteiger partial charge in [-0.2, -0.15) is 0 Å². The van der Waals surface area contributed by atoms with E-state index in [0.717, 1.165) is 24.8 Å². The van der Waals surface area contributed by atoms with E-state index in [1.807, 2.05) is 12.1 Å². The van der Waals surface area contributed by atoms with E-state index < -0.39 is 0 Å². The van der Waals surface area contributed by atoms with Gasteiger partial charge in [-0.15, -0.1) is 0 Å². The van der Waals surface area contributed by atoms with Crippen LogP contribution >= 0.6 is 0 Å². The maximum Gasteiger partial charge on any atom is 0.0368 e. The molecule has 1 fully saturated rings. The third kappa shape index (κ3) is 3.16. The summed E-state index contributed by atoms with van der Waals surface area (Å²) in [6, 6.07) is 8.95. The molecule has 0 radical (unpaired) electrons. The molecule has 1 heterocycles. The molecule has 1 aromatic rings. The molecule has 0 bridgehead atoms. The number of nitrogens with zero attached hydrogens (tertiary/aromatic N) is 2. The predicted octanol–water partition coefficient (Wildman–Crippen LogP) is 2.58. The second kappa shape index (κ2) is 6.10. The normalized spacial score (nSPS) is 18.9. The van der Waals surface area contributed by atoms with Gasteiger partial charge in [-0.05, 0) is 37.6 Å². The van der Waals surface area contributed by atoms with Crippen molar-refractivity contribution in [2.75, 3.05) is 36.8 Å². The van der Waals surface area contributed by atoms with Crippen LogP contribution in [0.25, 0.3) is 0 Å². The van der Waals surface area contributed by atoms with Gasteiger partial charge in [0.25, 0.3) is 0 Å². The zero-order valence-corrected chi connectivity index (χ0v) is 11.6. The zero-order valence-electron chi connectivity index (χ0n) is 11.6. The molecular weight excluding hydrogens is 222 g/mol. The van der Waals surface area contributed by atoms with E-state index in [-0.39, 0.29) is 0 Å². The Balaban J connectivity index is 1.88. The van der Waals surface area contributed by atoms with Crippen molar-refractivity contribution in [2.45, 2.75) is 32.7 Å². The lowest BCUT2D eigenvalue weighted by Gasteiger charge is -2.39. The summed E-state index contributed by atoms with van der Waals surface area (Å²) in [7, 11) is 0. The molecule has 1 unspecified atom stereocenters. The van der Waals surface area contributed by atoms with Crippen molar-refractivity contribution in [3.05, 3.63) is 24.3 Å². The minimum atomic E-state index is 0.726. The second-order valence-electron chi connectivity index (χ2n) is 5.25. The molecule has 3 nitrogen and oxygen atoms in total. The number of nitrogen functional groups attached to an aromatic ring is 1. The molecule has 1 aromatic carbocycles. The van der Waals surface area contributed by atoms with E-state index in [2.05, 4.69) is 35.8 Å². The van der Waals surface area contributed by atoms with Crippen LogP contribution in [0.1, 0.15) is 26.7 Å². The Morgan fingerprint density at radius 1 is 1.11 bits per heavy atom. The highest BCUT2D eigenvalue weighted by molar-refractivity contribution is 5.53. The summed E-state index contributed by atoms with van der Waals surface area (Å²) >= 11 is 0. The Morgan fingerprint density at radius 2 is 1.72 bits per heavy atom. The number of hydrogen-bond acceptors (Lipinski definition) is 3. The highest BCUT2D eigenvalue weighted by Crippen LogP contribution is 2.19. The summed E-state index contributed by atoms with van der Waals surface area (Å²) < 4.78 is 0. The van der Waals surface area contributed by atoms with Crippen LogP contribution < -0.4 is 10.6 Å². The maximum atomic E-state index is 5.72. The lowest BCUT2D eigenvalue weighted by atomic mass is 10.1. The zero-order chi connectivity index (χ0) is 13.0. The van der Waals surface area contributed by atoms with Crippen LogP contribution in [0.15, 0.2) is 24.3 Å². The highest BCUT2D eigenvalue weighted by atomic mass is 15.3. The lowest BCUT2D eigenvalue weighted by molar-refractivity contribution is 0.188. The van der Waals surface area contributed by atoms with Crippen LogP contribution in [-0.4, -0.2) is 37.1 Å². The first-order valence-electron chi connectivity index (χ1n) is 7.05. The van der Waals surface area contributed by atoms with E-state index in [1.165, 1.54) is 31.6 Å². The Labute approximate surface area is 111 Å². The largest absolute Gasteiger partial charge is 0.399 e. The molecule has 0 amide bonds. The molecular formula is C15H25N3. The van der Waals surface area contributed by atoms with Crippen LogP contribution in [0, 0.1) is 0 Å². The fourth-order valence-corrected chi connectivity index (χ4v) is 2.71. The van der Waals surface area contributed by atoms with Crippen molar-refractivity contribution in [3.63, 3.8) is 0 Å². The van der Waals surface area contributed by atoms with Crippen molar-refractivity contribution >= 4 is 11.4 Å². The van der Waals surface area contributed by atoms with Gasteiger partial charge < -0.3 is 10.6 Å². The molecule has 0 aliphatic carbocycles. The van der Waals surface area contributed by atoms with Gasteiger partial charge >= 0.3 is 0 Å². The topological polar surface area (TPSA) is 32.5 Å². The molecule has 0 spiro atoms. The number of anilines is 2.